The van der Waals surface area contributed by atoms with Gasteiger partial charge in [-0.1, -0.05) is 0 Å². The summed E-state index contributed by atoms with van der Waals surface area (Å²) < 4.78 is 5.05. The summed E-state index contributed by atoms with van der Waals surface area (Å²) >= 11 is 0. The number of aromatic nitrogens is 8. The second kappa shape index (κ2) is 7.79. The second-order valence-corrected chi connectivity index (χ2v) is 7.74. The molecule has 0 bridgehead atoms. The first kappa shape index (κ1) is 18.6. The van der Waals surface area contributed by atoms with Crippen LogP contribution < -0.4 is 5.56 Å². The first-order valence-corrected chi connectivity index (χ1v) is 10.1. The first-order chi connectivity index (χ1) is 14.7. The fraction of sp³-hybridized carbons (Fsp3) is 0.400. The van der Waals surface area contributed by atoms with Crippen molar-refractivity contribution >= 4 is 5.65 Å². The molecule has 1 aliphatic rings. The molecular weight excluding hydrogens is 382 g/mol. The number of aryl methyl sites for hydroxylation is 1. The minimum atomic E-state index is -0.0790. The topological polar surface area (TPSA) is 99.0 Å². The molecule has 0 radical (unpaired) electrons. The summed E-state index contributed by atoms with van der Waals surface area (Å²) in [5.41, 5.74) is 1.63. The monoisotopic (exact) mass is 405 g/mol. The Balaban J connectivity index is 1.23. The molecule has 0 unspecified atom stereocenters. The van der Waals surface area contributed by atoms with Crippen LogP contribution in [0.15, 0.2) is 47.5 Å². The quantitative estimate of drug-likeness (QED) is 0.490. The number of nitrogens with zero attached hydrogens (tertiary/aromatic N) is 9. The van der Waals surface area contributed by atoms with Crippen molar-refractivity contribution in [1.82, 2.24) is 44.3 Å². The highest BCUT2D eigenvalue weighted by atomic mass is 16.1. The molecule has 1 aliphatic heterocycles. The first-order valence-electron chi connectivity index (χ1n) is 10.1. The molecule has 0 saturated carbocycles. The van der Waals surface area contributed by atoms with E-state index in [0.717, 1.165) is 49.6 Å². The summed E-state index contributed by atoms with van der Waals surface area (Å²) in [6.07, 6.45) is 5.52. The van der Waals surface area contributed by atoms with Crippen LogP contribution in [0.25, 0.3) is 11.5 Å². The molecule has 4 aromatic rings. The lowest BCUT2D eigenvalue weighted by Crippen LogP contribution is -2.37. The smallest absolute Gasteiger partial charge is 0.266 e. The number of hydrogen-bond acceptors (Lipinski definition) is 7. The van der Waals surface area contributed by atoms with E-state index in [1.54, 1.807) is 27.7 Å². The zero-order valence-electron chi connectivity index (χ0n) is 16.8. The number of likely N-dealkylation sites (tertiary alicyclic amines) is 1. The van der Waals surface area contributed by atoms with Crippen LogP contribution in [0.1, 0.15) is 24.4 Å². The summed E-state index contributed by atoms with van der Waals surface area (Å²) in [7, 11) is 0. The van der Waals surface area contributed by atoms with Crippen molar-refractivity contribution in [3.63, 3.8) is 0 Å². The summed E-state index contributed by atoms with van der Waals surface area (Å²) in [5, 5.41) is 21.7. The molecule has 1 fully saturated rings. The van der Waals surface area contributed by atoms with Gasteiger partial charge in [0.15, 0.2) is 17.3 Å². The molecular formula is C20H23N9O. The van der Waals surface area contributed by atoms with Gasteiger partial charge in [-0.05, 0) is 63.0 Å². The van der Waals surface area contributed by atoms with Crippen LogP contribution in [-0.4, -0.2) is 57.4 Å². The Morgan fingerprint density at radius 3 is 2.73 bits per heavy atom. The summed E-state index contributed by atoms with van der Waals surface area (Å²) in [5.74, 6) is 1.92. The van der Waals surface area contributed by atoms with Crippen molar-refractivity contribution in [3.8, 4) is 5.82 Å². The highest BCUT2D eigenvalue weighted by molar-refractivity contribution is 5.36. The number of piperidine rings is 1. The van der Waals surface area contributed by atoms with Crippen molar-refractivity contribution in [2.24, 2.45) is 5.92 Å². The molecule has 0 atom stereocenters. The van der Waals surface area contributed by atoms with Crippen molar-refractivity contribution in [2.45, 2.75) is 32.9 Å². The Kier molecular flexibility index (Phi) is 4.83. The van der Waals surface area contributed by atoms with E-state index in [4.69, 9.17) is 0 Å². The van der Waals surface area contributed by atoms with E-state index in [1.807, 2.05) is 35.8 Å². The maximum atomic E-state index is 12.3. The SMILES string of the molecule is Cc1ccc2nnc(CN3CCC(Cn4nc(-n5cccn5)ccc4=O)CC3)n2n1. The van der Waals surface area contributed by atoms with Gasteiger partial charge in [-0.25, -0.2) is 9.36 Å². The van der Waals surface area contributed by atoms with Gasteiger partial charge in [0.25, 0.3) is 5.56 Å². The Morgan fingerprint density at radius 1 is 1.07 bits per heavy atom. The minimum absolute atomic E-state index is 0.0790. The summed E-state index contributed by atoms with van der Waals surface area (Å²) in [6.45, 7) is 5.19. The number of hydrogen-bond donors (Lipinski definition) is 0. The van der Waals surface area contributed by atoms with E-state index in [2.05, 4.69) is 30.4 Å². The predicted octanol–water partition coefficient (Wildman–Crippen LogP) is 1.09. The highest BCUT2D eigenvalue weighted by Crippen LogP contribution is 2.20. The normalized spacial score (nSPS) is 15.8. The molecule has 10 nitrogen and oxygen atoms in total. The van der Waals surface area contributed by atoms with Gasteiger partial charge in [0.1, 0.15) is 0 Å². The van der Waals surface area contributed by atoms with E-state index >= 15 is 0 Å². The van der Waals surface area contributed by atoms with Crippen molar-refractivity contribution in [3.05, 3.63) is 64.6 Å². The third-order valence-electron chi connectivity index (χ3n) is 5.56. The number of rotatable bonds is 5. The van der Waals surface area contributed by atoms with Gasteiger partial charge >= 0.3 is 0 Å². The van der Waals surface area contributed by atoms with E-state index in [0.29, 0.717) is 18.3 Å². The molecule has 4 aromatic heterocycles. The summed E-state index contributed by atoms with van der Waals surface area (Å²) in [6, 6.07) is 8.98. The maximum Gasteiger partial charge on any atom is 0.266 e. The van der Waals surface area contributed by atoms with Crippen LogP contribution in [0.2, 0.25) is 0 Å². The van der Waals surface area contributed by atoms with Crippen LogP contribution in [0, 0.1) is 12.8 Å². The van der Waals surface area contributed by atoms with Gasteiger partial charge < -0.3 is 0 Å². The Labute approximate surface area is 172 Å². The largest absolute Gasteiger partial charge is 0.296 e. The zero-order chi connectivity index (χ0) is 20.5. The number of fused-ring (bicyclic) bond motifs is 1. The van der Waals surface area contributed by atoms with Gasteiger partial charge in [0.2, 0.25) is 0 Å². The average Bonchev–Trinajstić information content (AvgIpc) is 3.42. The van der Waals surface area contributed by atoms with Crippen LogP contribution in [0.3, 0.4) is 0 Å². The van der Waals surface area contributed by atoms with E-state index in [-0.39, 0.29) is 5.56 Å². The highest BCUT2D eigenvalue weighted by Gasteiger charge is 2.22. The van der Waals surface area contributed by atoms with E-state index in [9.17, 15) is 4.79 Å². The van der Waals surface area contributed by atoms with Gasteiger partial charge in [-0.15, -0.1) is 15.3 Å². The third-order valence-corrected chi connectivity index (χ3v) is 5.56. The lowest BCUT2D eigenvalue weighted by atomic mass is 9.97. The minimum Gasteiger partial charge on any atom is -0.296 e. The molecule has 10 heteroatoms. The van der Waals surface area contributed by atoms with Crippen LogP contribution in [-0.2, 0) is 13.1 Å². The Hall–Kier alpha value is -3.40. The third kappa shape index (κ3) is 3.73. The lowest BCUT2D eigenvalue weighted by Gasteiger charge is -2.31. The molecule has 30 heavy (non-hydrogen) atoms. The second-order valence-electron chi connectivity index (χ2n) is 7.74. The average molecular weight is 405 g/mol. The lowest BCUT2D eigenvalue weighted by molar-refractivity contribution is 0.159. The van der Waals surface area contributed by atoms with Crippen molar-refractivity contribution in [1.29, 1.82) is 0 Å². The van der Waals surface area contributed by atoms with Gasteiger partial charge in [-0.3, -0.25) is 9.69 Å². The fourth-order valence-electron chi connectivity index (χ4n) is 3.89. The van der Waals surface area contributed by atoms with Crippen LogP contribution in [0.5, 0.6) is 0 Å². The predicted molar refractivity (Wildman–Crippen MR) is 109 cm³/mol. The van der Waals surface area contributed by atoms with Crippen LogP contribution in [0.4, 0.5) is 0 Å². The maximum absolute atomic E-state index is 12.3. The molecule has 0 aliphatic carbocycles. The van der Waals surface area contributed by atoms with Gasteiger partial charge in [-0.2, -0.15) is 14.7 Å². The zero-order valence-corrected chi connectivity index (χ0v) is 16.8. The van der Waals surface area contributed by atoms with E-state index < -0.39 is 0 Å². The van der Waals surface area contributed by atoms with E-state index in [1.165, 1.54) is 0 Å². The summed E-state index contributed by atoms with van der Waals surface area (Å²) in [4.78, 5) is 14.6. The fourth-order valence-corrected chi connectivity index (χ4v) is 3.89. The van der Waals surface area contributed by atoms with Crippen LogP contribution >= 0.6 is 0 Å². The van der Waals surface area contributed by atoms with Crippen molar-refractivity contribution < 1.29 is 0 Å². The Morgan fingerprint density at radius 2 is 1.93 bits per heavy atom. The van der Waals surface area contributed by atoms with Crippen molar-refractivity contribution in [2.75, 3.05) is 13.1 Å². The van der Waals surface area contributed by atoms with Gasteiger partial charge in [0.05, 0.1) is 12.2 Å². The van der Waals surface area contributed by atoms with Gasteiger partial charge in [0, 0.05) is 25.0 Å². The molecule has 5 rings (SSSR count). The molecule has 0 spiro atoms. The molecule has 0 amide bonds. The standard InChI is InChI=1S/C20H23N9O/c1-15-3-4-17-22-23-19(29(17)24-15)14-26-11-7-16(8-12-26)13-28-20(30)6-5-18(25-28)27-10-2-9-21-27/h2-6,9-10,16H,7-8,11-14H2,1H3. The Bertz CT molecular complexity index is 1200. The molecule has 154 valence electrons. The molecule has 0 N–H and O–H groups in total. The molecule has 0 aromatic carbocycles. The molecule has 1 saturated heterocycles. The molecule has 5 heterocycles.